The van der Waals surface area contributed by atoms with Crippen LogP contribution in [0.5, 0.6) is 0 Å². The largest absolute Gasteiger partial charge is 0.481 e. The molecule has 1 fully saturated rings. The molecule has 3 aromatic heterocycles. The van der Waals surface area contributed by atoms with Crippen molar-refractivity contribution in [1.82, 2.24) is 14.9 Å². The smallest absolute Gasteiger partial charge is 0.306 e. The predicted molar refractivity (Wildman–Crippen MR) is 129 cm³/mol. The highest BCUT2D eigenvalue weighted by molar-refractivity contribution is 7.15. The number of aryl methyl sites for hydroxylation is 1. The molecule has 1 saturated carbocycles. The number of thiophene rings is 1. The molecule has 8 heteroatoms. The van der Waals surface area contributed by atoms with Gasteiger partial charge in [-0.3, -0.25) is 9.59 Å². The van der Waals surface area contributed by atoms with Crippen LogP contribution in [-0.4, -0.2) is 38.9 Å². The molecule has 3 heterocycles. The molecular weight excluding hydrogens is 436 g/mol. The maximum atomic E-state index is 12.9. The normalized spacial score (nSPS) is 18.0. The average Bonchev–Trinajstić information content (AvgIpc) is 3.27. The molecule has 0 aliphatic heterocycles. The number of aliphatic carboxylic acids is 1. The number of carbonyl (C=O) groups excluding carboxylic acids is 1. The monoisotopic (exact) mass is 464 g/mol. The van der Waals surface area contributed by atoms with Crippen LogP contribution in [0.1, 0.15) is 36.1 Å². The number of anilines is 2. The van der Waals surface area contributed by atoms with Gasteiger partial charge in [-0.25, -0.2) is 9.97 Å². The summed E-state index contributed by atoms with van der Waals surface area (Å²) in [5.41, 5.74) is 1.99. The minimum atomic E-state index is -0.747. The molecule has 172 valence electrons. The third-order valence-electron chi connectivity index (χ3n) is 6.03. The molecule has 1 aliphatic rings. The van der Waals surface area contributed by atoms with E-state index in [9.17, 15) is 9.59 Å². The van der Waals surface area contributed by atoms with Crippen molar-refractivity contribution in [2.45, 2.75) is 39.2 Å². The van der Waals surface area contributed by atoms with Crippen molar-refractivity contribution in [3.05, 3.63) is 59.1 Å². The van der Waals surface area contributed by atoms with Gasteiger partial charge in [0.15, 0.2) is 0 Å². The first-order valence-electron chi connectivity index (χ1n) is 11.1. The molecule has 0 radical (unpaired) electrons. The highest BCUT2D eigenvalue weighted by Crippen LogP contribution is 2.32. The lowest BCUT2D eigenvalue weighted by Crippen LogP contribution is -2.35. The molecule has 0 bridgehead atoms. The molecule has 1 aliphatic carbocycles. The zero-order valence-corrected chi connectivity index (χ0v) is 19.6. The van der Waals surface area contributed by atoms with Gasteiger partial charge in [0, 0.05) is 24.0 Å². The van der Waals surface area contributed by atoms with Crippen LogP contribution in [0.2, 0.25) is 0 Å². The fourth-order valence-corrected chi connectivity index (χ4v) is 5.22. The third-order valence-corrected chi connectivity index (χ3v) is 7.12. The first-order chi connectivity index (χ1) is 15.9. The number of aromatic nitrogens is 2. The summed E-state index contributed by atoms with van der Waals surface area (Å²) >= 11 is 1.62. The van der Waals surface area contributed by atoms with Crippen LogP contribution in [-0.2, 0) is 16.1 Å². The molecule has 0 atom stereocenters. The third kappa shape index (κ3) is 5.76. The summed E-state index contributed by atoms with van der Waals surface area (Å²) < 4.78 is 0. The second-order valence-corrected chi connectivity index (χ2v) is 9.77. The number of hydrogen-bond donors (Lipinski definition) is 2. The van der Waals surface area contributed by atoms with Crippen LogP contribution in [0.3, 0.4) is 0 Å². The number of carboxylic acid groups (broad SMARTS) is 1. The fourth-order valence-electron chi connectivity index (χ4n) is 4.19. The van der Waals surface area contributed by atoms with Crippen molar-refractivity contribution >= 4 is 34.8 Å². The molecular formula is C25H28N4O3S. The number of carbonyl (C=O) groups is 2. The van der Waals surface area contributed by atoms with E-state index in [-0.39, 0.29) is 17.7 Å². The van der Waals surface area contributed by atoms with Crippen LogP contribution in [0.25, 0.3) is 10.6 Å². The Bertz CT molecular complexity index is 1140. The van der Waals surface area contributed by atoms with Gasteiger partial charge in [0.1, 0.15) is 11.6 Å². The lowest BCUT2D eigenvalue weighted by atomic mass is 9.81. The first kappa shape index (κ1) is 22.9. The summed E-state index contributed by atoms with van der Waals surface area (Å²) in [7, 11) is 1.82. The Morgan fingerprint density at radius 3 is 2.58 bits per heavy atom. The number of rotatable bonds is 7. The second kappa shape index (κ2) is 10.1. The van der Waals surface area contributed by atoms with Gasteiger partial charge in [-0.15, -0.1) is 11.3 Å². The van der Waals surface area contributed by atoms with Gasteiger partial charge in [-0.2, -0.15) is 0 Å². The molecule has 7 nitrogen and oxygen atoms in total. The van der Waals surface area contributed by atoms with E-state index in [0.717, 1.165) is 32.6 Å². The first-order valence-corrected chi connectivity index (χ1v) is 11.9. The van der Waals surface area contributed by atoms with Crippen LogP contribution in [0, 0.1) is 18.8 Å². The topological polar surface area (TPSA) is 95.4 Å². The molecule has 1 amide bonds. The number of hydrogen-bond acceptors (Lipinski definition) is 6. The van der Waals surface area contributed by atoms with Crippen molar-refractivity contribution in [3.8, 4) is 10.6 Å². The van der Waals surface area contributed by atoms with Gasteiger partial charge < -0.3 is 15.3 Å². The molecule has 2 N–H and O–H groups in total. The minimum absolute atomic E-state index is 0.0790. The Hall–Kier alpha value is -3.26. The summed E-state index contributed by atoms with van der Waals surface area (Å²) in [5, 5.41) is 12.4. The van der Waals surface area contributed by atoms with Gasteiger partial charge >= 0.3 is 5.97 Å². The van der Waals surface area contributed by atoms with Gasteiger partial charge in [0.2, 0.25) is 5.91 Å². The Labute approximate surface area is 197 Å². The SMILES string of the molecule is Cc1ccnc(Nc2cccc(-c3ccc(CN(C)C(=O)C4CCC(C(=O)O)CC4)s3)n2)c1. The summed E-state index contributed by atoms with van der Waals surface area (Å²) in [6, 6.07) is 13.8. The Morgan fingerprint density at radius 2 is 1.85 bits per heavy atom. The fraction of sp³-hybridized carbons (Fsp3) is 0.360. The molecule has 3 aromatic rings. The Morgan fingerprint density at radius 1 is 1.09 bits per heavy atom. The van der Waals surface area contributed by atoms with Crippen LogP contribution in [0.15, 0.2) is 48.7 Å². The molecule has 0 aromatic carbocycles. The molecule has 0 saturated heterocycles. The summed E-state index contributed by atoms with van der Waals surface area (Å²) in [5.74, 6) is 0.448. The average molecular weight is 465 g/mol. The van der Waals surface area contributed by atoms with Crippen molar-refractivity contribution in [3.63, 3.8) is 0 Å². The van der Waals surface area contributed by atoms with Gasteiger partial charge in [-0.05, 0) is 74.6 Å². The van der Waals surface area contributed by atoms with Crippen molar-refractivity contribution in [1.29, 1.82) is 0 Å². The highest BCUT2D eigenvalue weighted by atomic mass is 32.1. The number of pyridine rings is 2. The summed E-state index contributed by atoms with van der Waals surface area (Å²) in [6.07, 6.45) is 4.22. The number of nitrogens with zero attached hydrogens (tertiary/aromatic N) is 3. The second-order valence-electron chi connectivity index (χ2n) is 8.60. The molecule has 0 spiro atoms. The Balaban J connectivity index is 1.38. The van der Waals surface area contributed by atoms with E-state index in [1.807, 2.05) is 56.4 Å². The van der Waals surface area contributed by atoms with Crippen molar-refractivity contribution in [2.24, 2.45) is 11.8 Å². The Kier molecular flexibility index (Phi) is 7.03. The number of nitrogens with one attached hydrogen (secondary N) is 1. The van der Waals surface area contributed by atoms with E-state index in [1.54, 1.807) is 22.4 Å². The van der Waals surface area contributed by atoms with Crippen LogP contribution >= 0.6 is 11.3 Å². The standard InChI is InChI=1S/C25H28N4O3S/c1-16-12-13-26-23(14-16)28-22-5-3-4-20(27-22)21-11-10-19(33-21)15-29(2)24(30)17-6-8-18(9-7-17)25(31)32/h3-5,10-14,17-18H,6-9,15H2,1-2H3,(H,31,32)(H,26,27,28). The van der Waals surface area contributed by atoms with Gasteiger partial charge in [-0.1, -0.05) is 6.07 Å². The van der Waals surface area contributed by atoms with Crippen LogP contribution in [0.4, 0.5) is 11.6 Å². The van der Waals surface area contributed by atoms with E-state index in [2.05, 4.69) is 10.3 Å². The molecule has 4 rings (SSSR count). The summed E-state index contributed by atoms with van der Waals surface area (Å²) in [6.45, 7) is 2.56. The zero-order valence-electron chi connectivity index (χ0n) is 18.8. The van der Waals surface area contributed by atoms with Gasteiger partial charge in [0.05, 0.1) is 23.0 Å². The van der Waals surface area contributed by atoms with E-state index >= 15 is 0 Å². The van der Waals surface area contributed by atoms with E-state index in [1.165, 1.54) is 0 Å². The van der Waals surface area contributed by atoms with Crippen LogP contribution < -0.4 is 5.32 Å². The van der Waals surface area contributed by atoms with Crippen molar-refractivity contribution < 1.29 is 14.7 Å². The molecule has 0 unspecified atom stereocenters. The lowest BCUT2D eigenvalue weighted by molar-refractivity contribution is -0.145. The van der Waals surface area contributed by atoms with E-state index in [4.69, 9.17) is 10.1 Å². The van der Waals surface area contributed by atoms with E-state index in [0.29, 0.717) is 32.2 Å². The predicted octanol–water partition coefficient (Wildman–Crippen LogP) is 5.11. The quantitative estimate of drug-likeness (QED) is 0.505. The zero-order chi connectivity index (χ0) is 23.4. The maximum Gasteiger partial charge on any atom is 0.306 e. The highest BCUT2D eigenvalue weighted by Gasteiger charge is 2.31. The summed E-state index contributed by atoms with van der Waals surface area (Å²) in [4.78, 5) is 36.9. The van der Waals surface area contributed by atoms with Gasteiger partial charge in [0.25, 0.3) is 0 Å². The maximum absolute atomic E-state index is 12.9. The number of carboxylic acids is 1. The minimum Gasteiger partial charge on any atom is -0.481 e. The lowest BCUT2D eigenvalue weighted by Gasteiger charge is -2.28. The molecule has 33 heavy (non-hydrogen) atoms. The number of amides is 1. The van der Waals surface area contributed by atoms with E-state index < -0.39 is 5.97 Å². The van der Waals surface area contributed by atoms with Crippen molar-refractivity contribution in [2.75, 3.05) is 12.4 Å².